The number of hydrogen-bond donors (Lipinski definition) is 4. The van der Waals surface area contributed by atoms with Crippen molar-refractivity contribution in [3.8, 4) is 0 Å². The molecule has 0 aliphatic carbocycles. The van der Waals surface area contributed by atoms with Gasteiger partial charge in [-0.05, 0) is 0 Å². The average molecular weight is 239 g/mol. The minimum atomic E-state index is -4.67. The molecule has 0 bridgehead atoms. The van der Waals surface area contributed by atoms with Crippen LogP contribution >= 0.6 is 12.4 Å². The van der Waals surface area contributed by atoms with Gasteiger partial charge in [0.15, 0.2) is 0 Å². The van der Waals surface area contributed by atoms with Gasteiger partial charge in [-0.15, -0.1) is 12.4 Å². The van der Waals surface area contributed by atoms with Crippen LogP contribution in [-0.2, 0) is 10.4 Å². The maximum atomic E-state index is 8.74. The summed E-state index contributed by atoms with van der Waals surface area (Å²) < 4.78 is 31.6. The van der Waals surface area contributed by atoms with E-state index in [4.69, 9.17) is 32.5 Å². The Labute approximate surface area is 98.4 Å². The molecule has 0 radical (unpaired) electrons. The van der Waals surface area contributed by atoms with Crippen LogP contribution < -0.4 is 0 Å². The molecule has 0 rings (SSSR count). The molecule has 0 aliphatic rings. The van der Waals surface area contributed by atoms with E-state index in [1.807, 2.05) is 0 Å². The third-order valence-corrected chi connectivity index (χ3v) is 0. The van der Waals surface area contributed by atoms with Crippen LogP contribution in [0.25, 0.3) is 0 Å². The van der Waals surface area contributed by atoms with Gasteiger partial charge in [-0.2, -0.15) is 8.42 Å². The first-order valence-electron chi connectivity index (χ1n) is 1.35. The Kier molecular flexibility index (Phi) is 22.0. The number of hydrogen-bond acceptors (Lipinski definition) is 3. The summed E-state index contributed by atoms with van der Waals surface area (Å²) in [6, 6.07) is 0. The van der Waals surface area contributed by atoms with E-state index in [1.165, 1.54) is 0 Å². The van der Waals surface area contributed by atoms with Crippen molar-refractivity contribution in [3.05, 3.63) is 0 Å². The second kappa shape index (κ2) is 10.7. The van der Waals surface area contributed by atoms with Crippen molar-refractivity contribution in [2.24, 2.45) is 0 Å². The van der Waals surface area contributed by atoms with Crippen LogP contribution in [0.2, 0.25) is 0 Å². The molecule has 0 aliphatic heterocycles. The number of carbonyl (C=O) groups is 1. The van der Waals surface area contributed by atoms with Gasteiger partial charge in [-0.25, -0.2) is 4.79 Å². The molecule has 10 heteroatoms. The topological polar surface area (TPSA) is 132 Å². The first-order chi connectivity index (χ1) is 3.73. The van der Waals surface area contributed by atoms with E-state index in [-0.39, 0.29) is 50.1 Å². The maximum absolute atomic E-state index is 8.74. The standard InChI is InChI=1S/CH2O3.Ca.ClH.H2O4S.2H/c2-1(3)4;;;1-5(2,3)4;;/h(H2,2,3,4);;1H;(H2,1,2,3,4);;. The predicted molar refractivity (Wildman–Crippen MR) is 40.6 cm³/mol. The van der Waals surface area contributed by atoms with Gasteiger partial charge in [0.1, 0.15) is 0 Å². The number of rotatable bonds is 0. The van der Waals surface area contributed by atoms with Gasteiger partial charge in [-0.3, -0.25) is 9.11 Å². The fourth-order valence-corrected chi connectivity index (χ4v) is 0. The van der Waals surface area contributed by atoms with E-state index >= 15 is 0 Å². The molecule has 0 saturated heterocycles. The van der Waals surface area contributed by atoms with Gasteiger partial charge in [0.25, 0.3) is 0 Å². The molecule has 7 nitrogen and oxygen atoms in total. The Morgan fingerprint density at radius 3 is 1.09 bits per heavy atom. The zero-order chi connectivity index (χ0) is 8.08. The first kappa shape index (κ1) is 22.6. The molecular weight excluding hydrogens is 232 g/mol. The monoisotopic (exact) mass is 238 g/mol. The Balaban J connectivity index is -0.0000000383. The molecule has 0 aromatic carbocycles. The second-order valence-corrected chi connectivity index (χ2v) is 1.63. The van der Waals surface area contributed by atoms with Crippen molar-refractivity contribution in [1.29, 1.82) is 0 Å². The molecule has 0 heterocycles. The van der Waals surface area contributed by atoms with E-state index in [0.29, 0.717) is 0 Å². The number of carboxylic acid groups (broad SMARTS) is 2. The van der Waals surface area contributed by atoms with E-state index in [9.17, 15) is 0 Å². The quantitative estimate of drug-likeness (QED) is 0.317. The predicted octanol–water partition coefficient (Wildman–Crippen LogP) is -0.925. The molecule has 68 valence electrons. The second-order valence-electron chi connectivity index (χ2n) is 0.730. The fraction of sp³-hybridized carbons (Fsp3) is 0. The summed E-state index contributed by atoms with van der Waals surface area (Å²) >= 11 is 0. The molecule has 0 atom stereocenters. The summed E-state index contributed by atoms with van der Waals surface area (Å²) in [6.07, 6.45) is -1.83. The summed E-state index contributed by atoms with van der Waals surface area (Å²) in [5.41, 5.74) is 0. The van der Waals surface area contributed by atoms with Gasteiger partial charge >= 0.3 is 54.3 Å². The zero-order valence-corrected chi connectivity index (χ0v) is 5.96. The first-order valence-corrected chi connectivity index (χ1v) is 2.75. The van der Waals surface area contributed by atoms with Crippen LogP contribution in [0.5, 0.6) is 0 Å². The summed E-state index contributed by atoms with van der Waals surface area (Å²) in [5, 5.41) is 13.9. The van der Waals surface area contributed by atoms with Gasteiger partial charge in [0.2, 0.25) is 0 Å². The van der Waals surface area contributed by atoms with Crippen molar-refractivity contribution in [2.45, 2.75) is 0 Å². The Morgan fingerprint density at radius 2 is 1.09 bits per heavy atom. The third-order valence-electron chi connectivity index (χ3n) is 0. The number of halogens is 1. The van der Waals surface area contributed by atoms with E-state index in [1.54, 1.807) is 0 Å². The molecular formula is CH7CaClO7S. The Morgan fingerprint density at radius 1 is 1.09 bits per heavy atom. The molecule has 11 heavy (non-hydrogen) atoms. The summed E-state index contributed by atoms with van der Waals surface area (Å²) in [6.45, 7) is 0. The van der Waals surface area contributed by atoms with Crippen LogP contribution in [0.15, 0.2) is 0 Å². The van der Waals surface area contributed by atoms with Crippen LogP contribution in [0.1, 0.15) is 0 Å². The van der Waals surface area contributed by atoms with Gasteiger partial charge in [0.05, 0.1) is 0 Å². The minimum absolute atomic E-state index is 0. The van der Waals surface area contributed by atoms with E-state index in [0.717, 1.165) is 0 Å². The molecule has 0 spiro atoms. The van der Waals surface area contributed by atoms with Crippen LogP contribution in [0.3, 0.4) is 0 Å². The normalized spacial score (nSPS) is 7.45. The van der Waals surface area contributed by atoms with Crippen molar-refractivity contribution in [2.75, 3.05) is 0 Å². The fourth-order valence-electron chi connectivity index (χ4n) is 0. The molecule has 0 amide bonds. The van der Waals surface area contributed by atoms with E-state index < -0.39 is 16.6 Å². The molecule has 0 aromatic rings. The van der Waals surface area contributed by atoms with Crippen LogP contribution in [-0.4, -0.2) is 71.6 Å². The van der Waals surface area contributed by atoms with Crippen molar-refractivity contribution in [3.63, 3.8) is 0 Å². The van der Waals surface area contributed by atoms with Gasteiger partial charge in [0, 0.05) is 0 Å². The Hall–Kier alpha value is 0.690. The molecule has 4 N–H and O–H groups in total. The molecule has 0 unspecified atom stereocenters. The van der Waals surface area contributed by atoms with Gasteiger partial charge in [-0.1, -0.05) is 0 Å². The molecule has 0 aromatic heterocycles. The van der Waals surface area contributed by atoms with Crippen LogP contribution in [0, 0.1) is 0 Å². The van der Waals surface area contributed by atoms with Crippen molar-refractivity contribution < 1.29 is 32.5 Å². The Bertz CT molecular complexity index is 161. The van der Waals surface area contributed by atoms with Crippen molar-refractivity contribution >= 4 is 66.7 Å². The molecule has 0 fully saturated rings. The third kappa shape index (κ3) is 1700. The molecule has 0 saturated carbocycles. The zero-order valence-electron chi connectivity index (χ0n) is 4.33. The van der Waals surface area contributed by atoms with Crippen molar-refractivity contribution in [1.82, 2.24) is 0 Å². The van der Waals surface area contributed by atoms with Gasteiger partial charge < -0.3 is 10.2 Å². The average Bonchev–Trinajstić information content (AvgIpc) is 1.19. The van der Waals surface area contributed by atoms with Crippen LogP contribution in [0.4, 0.5) is 4.79 Å². The summed E-state index contributed by atoms with van der Waals surface area (Å²) in [7, 11) is -4.67. The summed E-state index contributed by atoms with van der Waals surface area (Å²) in [4.78, 5) is 8.56. The van der Waals surface area contributed by atoms with E-state index in [2.05, 4.69) is 0 Å². The SMILES string of the molecule is Cl.O=C(O)O.O=S(=O)(O)O.[CaH2]. The summed E-state index contributed by atoms with van der Waals surface area (Å²) in [5.74, 6) is 0.